The van der Waals surface area contributed by atoms with Crippen molar-refractivity contribution >= 4 is 11.9 Å². The molecule has 2 fully saturated rings. The van der Waals surface area contributed by atoms with Crippen molar-refractivity contribution in [3.8, 4) is 0 Å². The van der Waals surface area contributed by atoms with Gasteiger partial charge in [0.1, 0.15) is 0 Å². The van der Waals surface area contributed by atoms with Gasteiger partial charge in [-0.1, -0.05) is 0 Å². The van der Waals surface area contributed by atoms with Crippen LogP contribution in [0.3, 0.4) is 0 Å². The van der Waals surface area contributed by atoms with E-state index in [-0.39, 0.29) is 17.9 Å². The molecule has 1 amide bonds. The van der Waals surface area contributed by atoms with E-state index in [1.807, 2.05) is 19.9 Å². The molecule has 3 heterocycles. The number of carbonyl (C=O) groups is 1. The zero-order valence-electron chi connectivity index (χ0n) is 14.0. The maximum atomic E-state index is 12.3. The van der Waals surface area contributed by atoms with Gasteiger partial charge in [0, 0.05) is 43.5 Å². The highest BCUT2D eigenvalue weighted by Crippen LogP contribution is 2.21. The molecule has 0 radical (unpaired) electrons. The minimum Gasteiger partial charge on any atom is -0.376 e. The number of hydrogen-bond donors (Lipinski definition) is 1. The Morgan fingerprint density at radius 3 is 2.57 bits per heavy atom. The van der Waals surface area contributed by atoms with Crippen LogP contribution in [0.15, 0.2) is 6.07 Å². The summed E-state index contributed by atoms with van der Waals surface area (Å²) in [6.45, 7) is 7.13. The molecule has 6 nitrogen and oxygen atoms in total. The molecule has 1 N–H and O–H groups in total. The number of hydrogen-bond acceptors (Lipinski definition) is 5. The van der Waals surface area contributed by atoms with Gasteiger partial charge in [0.25, 0.3) is 0 Å². The molecule has 1 atom stereocenters. The van der Waals surface area contributed by atoms with Gasteiger partial charge < -0.3 is 15.0 Å². The fourth-order valence-corrected chi connectivity index (χ4v) is 3.35. The van der Waals surface area contributed by atoms with Crippen LogP contribution in [0.1, 0.15) is 37.1 Å². The number of ether oxygens (including phenoxy) is 1. The molecule has 2 aliphatic heterocycles. The lowest BCUT2D eigenvalue weighted by Gasteiger charge is -2.31. The van der Waals surface area contributed by atoms with E-state index in [0.29, 0.717) is 6.54 Å². The predicted molar refractivity (Wildman–Crippen MR) is 88.4 cm³/mol. The van der Waals surface area contributed by atoms with Crippen LogP contribution in [0, 0.1) is 19.8 Å². The van der Waals surface area contributed by atoms with E-state index >= 15 is 0 Å². The van der Waals surface area contributed by atoms with E-state index in [1.165, 1.54) is 0 Å². The molecule has 23 heavy (non-hydrogen) atoms. The minimum absolute atomic E-state index is 0.0959. The van der Waals surface area contributed by atoms with E-state index in [1.54, 1.807) is 0 Å². The van der Waals surface area contributed by atoms with Gasteiger partial charge in [-0.15, -0.1) is 0 Å². The molecule has 2 saturated heterocycles. The van der Waals surface area contributed by atoms with Crippen molar-refractivity contribution in [2.24, 2.45) is 5.92 Å². The van der Waals surface area contributed by atoms with Gasteiger partial charge in [0.2, 0.25) is 11.9 Å². The third kappa shape index (κ3) is 4.19. The van der Waals surface area contributed by atoms with Crippen LogP contribution in [0.2, 0.25) is 0 Å². The first kappa shape index (κ1) is 16.2. The quantitative estimate of drug-likeness (QED) is 0.913. The molecule has 1 unspecified atom stereocenters. The maximum Gasteiger partial charge on any atom is 0.225 e. The second-order valence-electron chi connectivity index (χ2n) is 6.59. The number of carbonyl (C=O) groups excluding carboxylic acids is 1. The van der Waals surface area contributed by atoms with Crippen LogP contribution in [0.25, 0.3) is 0 Å². The van der Waals surface area contributed by atoms with E-state index in [9.17, 15) is 4.79 Å². The summed E-state index contributed by atoms with van der Waals surface area (Å²) in [5.74, 6) is 1.06. The van der Waals surface area contributed by atoms with Crippen molar-refractivity contribution in [1.82, 2.24) is 15.3 Å². The lowest BCUT2D eigenvalue weighted by atomic mass is 9.96. The van der Waals surface area contributed by atoms with Gasteiger partial charge >= 0.3 is 0 Å². The topological polar surface area (TPSA) is 67.4 Å². The molecular weight excluding hydrogens is 292 g/mol. The normalized spacial score (nSPS) is 22.3. The van der Waals surface area contributed by atoms with Gasteiger partial charge in [-0.3, -0.25) is 4.79 Å². The molecule has 0 spiro atoms. The highest BCUT2D eigenvalue weighted by Gasteiger charge is 2.27. The molecule has 0 bridgehead atoms. The average molecular weight is 318 g/mol. The predicted octanol–water partition coefficient (Wildman–Crippen LogP) is 1.61. The summed E-state index contributed by atoms with van der Waals surface area (Å²) in [7, 11) is 0. The van der Waals surface area contributed by atoms with E-state index in [4.69, 9.17) is 4.74 Å². The monoisotopic (exact) mass is 318 g/mol. The maximum absolute atomic E-state index is 12.3. The number of anilines is 1. The fourth-order valence-electron chi connectivity index (χ4n) is 3.35. The van der Waals surface area contributed by atoms with Crippen LogP contribution in [0.4, 0.5) is 5.95 Å². The van der Waals surface area contributed by atoms with Gasteiger partial charge in [-0.2, -0.15) is 0 Å². The van der Waals surface area contributed by atoms with E-state index in [0.717, 1.165) is 62.7 Å². The van der Waals surface area contributed by atoms with Crippen LogP contribution >= 0.6 is 0 Å². The van der Waals surface area contributed by atoms with Crippen molar-refractivity contribution in [2.45, 2.75) is 45.6 Å². The number of aryl methyl sites for hydroxylation is 2. The molecule has 3 rings (SSSR count). The summed E-state index contributed by atoms with van der Waals surface area (Å²) in [5, 5.41) is 3.05. The minimum atomic E-state index is 0.0959. The molecule has 126 valence electrons. The van der Waals surface area contributed by atoms with E-state index < -0.39 is 0 Å². The van der Waals surface area contributed by atoms with Gasteiger partial charge in [0.15, 0.2) is 0 Å². The smallest absolute Gasteiger partial charge is 0.225 e. The molecule has 1 aromatic rings. The van der Waals surface area contributed by atoms with Crippen LogP contribution in [-0.2, 0) is 9.53 Å². The largest absolute Gasteiger partial charge is 0.376 e. The van der Waals surface area contributed by atoms with Crippen molar-refractivity contribution in [3.05, 3.63) is 17.5 Å². The standard InChI is InChI=1S/C17H26N4O2/c1-12-10-13(2)20-17(19-12)21-7-5-14(6-8-21)16(22)18-11-15-4-3-9-23-15/h10,14-15H,3-9,11H2,1-2H3,(H,18,22). The Morgan fingerprint density at radius 2 is 1.96 bits per heavy atom. The second-order valence-corrected chi connectivity index (χ2v) is 6.59. The van der Waals surface area contributed by atoms with Crippen LogP contribution in [-0.4, -0.2) is 48.2 Å². The van der Waals surface area contributed by atoms with Gasteiger partial charge in [0.05, 0.1) is 6.10 Å². The van der Waals surface area contributed by atoms with Crippen molar-refractivity contribution in [2.75, 3.05) is 31.1 Å². The Morgan fingerprint density at radius 1 is 1.26 bits per heavy atom. The van der Waals surface area contributed by atoms with Crippen molar-refractivity contribution in [3.63, 3.8) is 0 Å². The average Bonchev–Trinajstić information content (AvgIpc) is 3.05. The summed E-state index contributed by atoms with van der Waals surface area (Å²) in [5.41, 5.74) is 1.98. The Balaban J connectivity index is 1.48. The molecule has 1 aromatic heterocycles. The third-order valence-electron chi connectivity index (χ3n) is 4.65. The van der Waals surface area contributed by atoms with Crippen molar-refractivity contribution in [1.29, 1.82) is 0 Å². The Bertz CT molecular complexity index is 529. The van der Waals surface area contributed by atoms with E-state index in [2.05, 4.69) is 20.2 Å². The lowest BCUT2D eigenvalue weighted by molar-refractivity contribution is -0.126. The number of rotatable bonds is 4. The summed E-state index contributed by atoms with van der Waals surface area (Å²) in [6, 6.07) is 1.98. The molecule has 0 aliphatic carbocycles. The first-order valence-electron chi connectivity index (χ1n) is 8.58. The molecule has 0 aromatic carbocycles. The highest BCUT2D eigenvalue weighted by molar-refractivity contribution is 5.79. The molecule has 0 saturated carbocycles. The summed E-state index contributed by atoms with van der Waals surface area (Å²) in [6.07, 6.45) is 4.08. The number of aromatic nitrogens is 2. The zero-order chi connectivity index (χ0) is 16.2. The van der Waals surface area contributed by atoms with Crippen LogP contribution in [0.5, 0.6) is 0 Å². The zero-order valence-corrected chi connectivity index (χ0v) is 14.0. The lowest BCUT2D eigenvalue weighted by Crippen LogP contribution is -2.42. The second kappa shape index (κ2) is 7.25. The number of piperidine rings is 1. The summed E-state index contributed by atoms with van der Waals surface area (Å²) < 4.78 is 5.55. The van der Waals surface area contributed by atoms with Gasteiger partial charge in [-0.05, 0) is 45.6 Å². The first-order valence-corrected chi connectivity index (χ1v) is 8.58. The molecule has 2 aliphatic rings. The number of amides is 1. The van der Waals surface area contributed by atoms with Gasteiger partial charge in [-0.25, -0.2) is 9.97 Å². The van der Waals surface area contributed by atoms with Crippen LogP contribution < -0.4 is 10.2 Å². The Labute approximate surface area is 137 Å². The number of nitrogens with zero attached hydrogens (tertiary/aromatic N) is 3. The highest BCUT2D eigenvalue weighted by atomic mass is 16.5. The Hall–Kier alpha value is -1.69. The summed E-state index contributed by atoms with van der Waals surface area (Å²) >= 11 is 0. The first-order chi connectivity index (χ1) is 11.1. The Kier molecular flexibility index (Phi) is 5.10. The molecular formula is C17H26N4O2. The fraction of sp³-hybridized carbons (Fsp3) is 0.706. The SMILES string of the molecule is Cc1cc(C)nc(N2CCC(C(=O)NCC3CCCO3)CC2)n1. The molecule has 6 heteroatoms. The van der Waals surface area contributed by atoms with Crippen molar-refractivity contribution < 1.29 is 9.53 Å². The summed E-state index contributed by atoms with van der Waals surface area (Å²) in [4.78, 5) is 23.5. The third-order valence-corrected chi connectivity index (χ3v) is 4.65. The number of nitrogens with one attached hydrogen (secondary N) is 1.